The number of hydrogen-bond acceptors (Lipinski definition) is 2. The second-order valence-electron chi connectivity index (χ2n) is 4.36. The van der Waals surface area contributed by atoms with Crippen molar-refractivity contribution >= 4 is 0 Å². The molecule has 0 fully saturated rings. The van der Waals surface area contributed by atoms with Crippen molar-refractivity contribution in [2.45, 2.75) is 39.5 Å². The van der Waals surface area contributed by atoms with Gasteiger partial charge in [0.2, 0.25) is 0 Å². The van der Waals surface area contributed by atoms with E-state index in [0.29, 0.717) is 12.8 Å². The van der Waals surface area contributed by atoms with Gasteiger partial charge in [0.25, 0.3) is 0 Å². The summed E-state index contributed by atoms with van der Waals surface area (Å²) in [6, 6.07) is 0. The first-order valence-electron chi connectivity index (χ1n) is 5.39. The second kappa shape index (κ2) is 7.50. The Bertz CT molecular complexity index is 227. The Kier molecular flexibility index (Phi) is 7.11. The molecule has 0 unspecified atom stereocenters. The molecule has 0 aliphatic carbocycles. The summed E-state index contributed by atoms with van der Waals surface area (Å²) >= 11 is 0. The van der Waals surface area contributed by atoms with Gasteiger partial charge in [-0.1, -0.05) is 11.6 Å². The molecule has 0 amide bonds. The third kappa shape index (κ3) is 5.61. The van der Waals surface area contributed by atoms with Gasteiger partial charge in [-0.2, -0.15) is 0 Å². The Morgan fingerprint density at radius 1 is 1.33 bits per heavy atom. The van der Waals surface area contributed by atoms with E-state index in [-0.39, 0.29) is 13.2 Å². The molecular weight excluding hydrogens is 188 g/mol. The molecule has 0 spiro atoms. The fourth-order valence-corrected chi connectivity index (χ4v) is 1.43. The summed E-state index contributed by atoms with van der Waals surface area (Å²) in [5.41, 5.74) is 0.812. The summed E-state index contributed by atoms with van der Waals surface area (Å²) in [6.45, 7) is 4.05. The van der Waals surface area contributed by atoms with Crippen molar-refractivity contribution in [3.05, 3.63) is 11.6 Å². The van der Waals surface area contributed by atoms with Crippen LogP contribution in [0.5, 0.6) is 0 Å². The van der Waals surface area contributed by atoms with Crippen molar-refractivity contribution in [1.29, 1.82) is 0 Å². The minimum atomic E-state index is -0.395. The number of hydrogen-bond donors (Lipinski definition) is 2. The van der Waals surface area contributed by atoms with Gasteiger partial charge in [0.15, 0.2) is 0 Å². The first-order chi connectivity index (χ1) is 7.10. The van der Waals surface area contributed by atoms with Gasteiger partial charge in [-0.15, -0.1) is 12.3 Å². The maximum atomic E-state index is 9.35. The van der Waals surface area contributed by atoms with Crippen molar-refractivity contribution in [2.24, 2.45) is 5.41 Å². The highest BCUT2D eigenvalue weighted by Gasteiger charge is 2.26. The summed E-state index contributed by atoms with van der Waals surface area (Å²) in [7, 11) is 0. The zero-order valence-electron chi connectivity index (χ0n) is 9.79. The summed E-state index contributed by atoms with van der Waals surface area (Å²) in [5.74, 6) is 2.57. The molecule has 0 bridgehead atoms. The largest absolute Gasteiger partial charge is 0.396 e. The Hall–Kier alpha value is -0.780. The van der Waals surface area contributed by atoms with Gasteiger partial charge in [0.1, 0.15) is 0 Å². The van der Waals surface area contributed by atoms with Crippen molar-refractivity contribution in [1.82, 2.24) is 0 Å². The number of aliphatic hydroxyl groups excluding tert-OH is 2. The zero-order chi connectivity index (χ0) is 11.7. The normalized spacial score (nSPS) is 10.9. The van der Waals surface area contributed by atoms with Gasteiger partial charge in [0, 0.05) is 11.8 Å². The molecule has 15 heavy (non-hydrogen) atoms. The van der Waals surface area contributed by atoms with Crippen LogP contribution in [0.25, 0.3) is 0 Å². The topological polar surface area (TPSA) is 40.5 Å². The first kappa shape index (κ1) is 14.2. The van der Waals surface area contributed by atoms with E-state index in [0.717, 1.165) is 12.8 Å². The molecule has 0 aromatic heterocycles. The van der Waals surface area contributed by atoms with Crippen LogP contribution in [0.3, 0.4) is 0 Å². The average Bonchev–Trinajstić information content (AvgIpc) is 2.23. The van der Waals surface area contributed by atoms with Crippen LogP contribution in [-0.4, -0.2) is 23.4 Å². The predicted molar refractivity (Wildman–Crippen MR) is 63.3 cm³/mol. The maximum absolute atomic E-state index is 9.35. The molecule has 0 aliphatic rings. The molecular formula is C13H22O2. The van der Waals surface area contributed by atoms with Crippen LogP contribution < -0.4 is 0 Å². The van der Waals surface area contributed by atoms with Crippen LogP contribution in [0, 0.1) is 17.8 Å². The standard InChI is InChI=1S/C13H22O2/c1-4-5-6-8-13(10-14,11-15)9-7-12(2)3/h1,7,14-15H,5-6,8-11H2,2-3H3. The lowest BCUT2D eigenvalue weighted by molar-refractivity contribution is 0.0480. The fourth-order valence-electron chi connectivity index (χ4n) is 1.43. The number of terminal acetylenes is 1. The van der Waals surface area contributed by atoms with Gasteiger partial charge < -0.3 is 10.2 Å². The monoisotopic (exact) mass is 210 g/mol. The summed E-state index contributed by atoms with van der Waals surface area (Å²) in [5, 5.41) is 18.7. The van der Waals surface area contributed by atoms with Crippen LogP contribution in [-0.2, 0) is 0 Å². The van der Waals surface area contributed by atoms with E-state index in [1.165, 1.54) is 5.57 Å². The summed E-state index contributed by atoms with van der Waals surface area (Å²) < 4.78 is 0. The second-order valence-corrected chi connectivity index (χ2v) is 4.36. The molecule has 0 radical (unpaired) electrons. The minimum absolute atomic E-state index is 0.0118. The van der Waals surface area contributed by atoms with Crippen molar-refractivity contribution in [3.8, 4) is 12.3 Å². The third-order valence-electron chi connectivity index (χ3n) is 2.64. The summed E-state index contributed by atoms with van der Waals surface area (Å²) in [4.78, 5) is 0. The van der Waals surface area contributed by atoms with Crippen LogP contribution in [0.2, 0.25) is 0 Å². The van der Waals surface area contributed by atoms with Crippen LogP contribution in [0.15, 0.2) is 11.6 Å². The Morgan fingerprint density at radius 3 is 2.33 bits per heavy atom. The molecule has 0 rings (SSSR count). The molecule has 0 aromatic rings. The molecule has 0 saturated heterocycles. The number of aliphatic hydroxyl groups is 2. The SMILES string of the molecule is C#CCCCC(CO)(CO)CC=C(C)C. The van der Waals surface area contributed by atoms with Gasteiger partial charge in [-0.25, -0.2) is 0 Å². The summed E-state index contributed by atoms with van der Waals surface area (Å²) in [6.07, 6.45) is 10.3. The highest BCUT2D eigenvalue weighted by atomic mass is 16.3. The van der Waals surface area contributed by atoms with Crippen molar-refractivity contribution < 1.29 is 10.2 Å². The minimum Gasteiger partial charge on any atom is -0.396 e. The Labute approximate surface area is 93.0 Å². The van der Waals surface area contributed by atoms with Gasteiger partial charge in [-0.05, 0) is 33.1 Å². The molecule has 0 heterocycles. The van der Waals surface area contributed by atoms with Crippen molar-refractivity contribution in [2.75, 3.05) is 13.2 Å². The van der Waals surface area contributed by atoms with E-state index in [1.54, 1.807) is 0 Å². The highest BCUT2D eigenvalue weighted by molar-refractivity contribution is 4.98. The first-order valence-corrected chi connectivity index (χ1v) is 5.39. The number of rotatable bonds is 7. The van der Waals surface area contributed by atoms with Crippen molar-refractivity contribution in [3.63, 3.8) is 0 Å². The van der Waals surface area contributed by atoms with Gasteiger partial charge in [0.05, 0.1) is 13.2 Å². The lowest BCUT2D eigenvalue weighted by Gasteiger charge is -2.28. The van der Waals surface area contributed by atoms with E-state index in [1.807, 2.05) is 13.8 Å². The number of unbranched alkanes of at least 4 members (excludes halogenated alkanes) is 1. The molecule has 0 atom stereocenters. The molecule has 2 N–H and O–H groups in total. The molecule has 0 saturated carbocycles. The third-order valence-corrected chi connectivity index (χ3v) is 2.64. The fraction of sp³-hybridized carbons (Fsp3) is 0.692. The van der Waals surface area contributed by atoms with Crippen LogP contribution in [0.1, 0.15) is 39.5 Å². The van der Waals surface area contributed by atoms with Crippen LogP contribution in [0.4, 0.5) is 0 Å². The molecule has 2 nitrogen and oxygen atoms in total. The lowest BCUT2D eigenvalue weighted by Crippen LogP contribution is -2.29. The maximum Gasteiger partial charge on any atom is 0.0512 e. The Morgan fingerprint density at radius 2 is 1.93 bits per heavy atom. The molecule has 0 aliphatic heterocycles. The van der Waals surface area contributed by atoms with E-state index < -0.39 is 5.41 Å². The van der Waals surface area contributed by atoms with E-state index >= 15 is 0 Å². The lowest BCUT2D eigenvalue weighted by atomic mass is 9.80. The van der Waals surface area contributed by atoms with E-state index in [2.05, 4.69) is 12.0 Å². The smallest absolute Gasteiger partial charge is 0.0512 e. The zero-order valence-corrected chi connectivity index (χ0v) is 9.79. The molecule has 86 valence electrons. The quantitative estimate of drug-likeness (QED) is 0.384. The highest BCUT2D eigenvalue weighted by Crippen LogP contribution is 2.28. The van der Waals surface area contributed by atoms with E-state index in [4.69, 9.17) is 6.42 Å². The average molecular weight is 210 g/mol. The van der Waals surface area contributed by atoms with Crippen LogP contribution >= 0.6 is 0 Å². The van der Waals surface area contributed by atoms with E-state index in [9.17, 15) is 10.2 Å². The van der Waals surface area contributed by atoms with Gasteiger partial charge in [-0.3, -0.25) is 0 Å². The van der Waals surface area contributed by atoms with Gasteiger partial charge >= 0.3 is 0 Å². The Balaban J connectivity index is 4.31. The molecule has 2 heteroatoms. The predicted octanol–water partition coefficient (Wildman–Crippen LogP) is 2.12. The number of allylic oxidation sites excluding steroid dienone is 2. The molecule has 0 aromatic carbocycles.